The summed E-state index contributed by atoms with van der Waals surface area (Å²) in [6.45, 7) is 2.43. The van der Waals surface area contributed by atoms with E-state index in [1.165, 1.54) is 44.3 Å². The Morgan fingerprint density at radius 1 is 1.47 bits per heavy atom. The van der Waals surface area contributed by atoms with E-state index in [-0.39, 0.29) is 0 Å². The summed E-state index contributed by atoms with van der Waals surface area (Å²) in [6.07, 6.45) is 5.42. The van der Waals surface area contributed by atoms with E-state index in [1.54, 1.807) is 7.11 Å². The van der Waals surface area contributed by atoms with Crippen LogP contribution in [0.4, 0.5) is 0 Å². The molecule has 1 aliphatic carbocycles. The van der Waals surface area contributed by atoms with E-state index >= 15 is 0 Å². The Kier molecular flexibility index (Phi) is 2.83. The molecule has 2 aliphatic rings. The van der Waals surface area contributed by atoms with Gasteiger partial charge < -0.3 is 10.1 Å². The molecule has 2 nitrogen and oxygen atoms in total. The number of rotatable bonds is 3. The van der Waals surface area contributed by atoms with E-state index in [1.807, 2.05) is 6.07 Å². The van der Waals surface area contributed by atoms with Gasteiger partial charge >= 0.3 is 0 Å². The van der Waals surface area contributed by atoms with Gasteiger partial charge in [0.1, 0.15) is 5.75 Å². The van der Waals surface area contributed by atoms with E-state index in [4.69, 9.17) is 4.74 Å². The summed E-state index contributed by atoms with van der Waals surface area (Å²) in [7, 11) is 1.74. The van der Waals surface area contributed by atoms with Gasteiger partial charge in [-0.2, -0.15) is 0 Å². The molecule has 2 unspecified atom stereocenters. The minimum absolute atomic E-state index is 0.523. The summed E-state index contributed by atoms with van der Waals surface area (Å²) in [5.74, 6) is 1.91. The predicted molar refractivity (Wildman–Crippen MR) is 69.3 cm³/mol. The summed E-state index contributed by atoms with van der Waals surface area (Å²) in [6, 6.07) is 8.56. The number of benzene rings is 1. The van der Waals surface area contributed by atoms with Gasteiger partial charge in [0.15, 0.2) is 0 Å². The minimum Gasteiger partial charge on any atom is -0.497 e. The zero-order chi connectivity index (χ0) is 11.7. The fraction of sp³-hybridized carbons (Fsp3) is 0.600. The molecule has 1 saturated carbocycles. The van der Waals surface area contributed by atoms with Gasteiger partial charge in [0.25, 0.3) is 0 Å². The average molecular weight is 231 g/mol. The third-order valence-corrected chi connectivity index (χ3v) is 4.45. The van der Waals surface area contributed by atoms with Crippen molar-refractivity contribution in [2.45, 2.75) is 25.7 Å². The van der Waals surface area contributed by atoms with Crippen LogP contribution >= 0.6 is 0 Å². The zero-order valence-electron chi connectivity index (χ0n) is 10.5. The molecule has 0 amide bonds. The lowest BCUT2D eigenvalue weighted by molar-refractivity contribution is 0.229. The molecule has 1 heterocycles. The van der Waals surface area contributed by atoms with Crippen LogP contribution in [0, 0.1) is 11.3 Å². The topological polar surface area (TPSA) is 21.3 Å². The number of piperidine rings is 1. The van der Waals surface area contributed by atoms with Gasteiger partial charge in [-0.3, -0.25) is 0 Å². The molecular weight excluding hydrogens is 210 g/mol. The second-order valence-corrected chi connectivity index (χ2v) is 5.77. The molecule has 1 N–H and O–H groups in total. The first-order valence-corrected chi connectivity index (χ1v) is 6.63. The number of hydrogen-bond donors (Lipinski definition) is 1. The molecule has 1 aromatic rings. The first-order valence-electron chi connectivity index (χ1n) is 6.63. The quantitative estimate of drug-likeness (QED) is 0.863. The van der Waals surface area contributed by atoms with Crippen LogP contribution in [-0.2, 0) is 6.42 Å². The number of hydrogen-bond acceptors (Lipinski definition) is 2. The molecule has 1 saturated heterocycles. The summed E-state index contributed by atoms with van der Waals surface area (Å²) in [5.41, 5.74) is 1.95. The van der Waals surface area contributed by atoms with Gasteiger partial charge in [-0.1, -0.05) is 12.1 Å². The van der Waals surface area contributed by atoms with Crippen molar-refractivity contribution in [3.05, 3.63) is 29.8 Å². The molecule has 3 rings (SSSR count). The maximum Gasteiger partial charge on any atom is 0.119 e. The third kappa shape index (κ3) is 2.19. The zero-order valence-corrected chi connectivity index (χ0v) is 10.5. The number of ether oxygens (including phenoxy) is 1. The molecule has 0 aromatic heterocycles. The molecule has 1 aliphatic heterocycles. The van der Waals surface area contributed by atoms with E-state index in [0.29, 0.717) is 5.41 Å². The van der Waals surface area contributed by atoms with Gasteiger partial charge in [-0.05, 0) is 61.3 Å². The van der Waals surface area contributed by atoms with Crippen molar-refractivity contribution in [2.75, 3.05) is 20.2 Å². The van der Waals surface area contributed by atoms with E-state index < -0.39 is 0 Å². The molecule has 17 heavy (non-hydrogen) atoms. The van der Waals surface area contributed by atoms with E-state index in [2.05, 4.69) is 23.5 Å². The van der Waals surface area contributed by atoms with Crippen molar-refractivity contribution in [1.29, 1.82) is 0 Å². The van der Waals surface area contributed by atoms with Crippen LogP contribution in [-0.4, -0.2) is 20.2 Å². The van der Waals surface area contributed by atoms with Crippen molar-refractivity contribution in [2.24, 2.45) is 11.3 Å². The first kappa shape index (κ1) is 11.1. The second-order valence-electron chi connectivity index (χ2n) is 5.77. The van der Waals surface area contributed by atoms with Crippen molar-refractivity contribution in [3.63, 3.8) is 0 Å². The van der Waals surface area contributed by atoms with E-state index in [9.17, 15) is 0 Å². The summed E-state index contributed by atoms with van der Waals surface area (Å²) in [5, 5.41) is 3.61. The molecule has 2 heteroatoms. The number of nitrogens with one attached hydrogen (secondary N) is 1. The van der Waals surface area contributed by atoms with Gasteiger partial charge in [0, 0.05) is 6.54 Å². The Balaban J connectivity index is 1.77. The number of fused-ring (bicyclic) bond motifs is 2. The maximum absolute atomic E-state index is 5.31. The maximum atomic E-state index is 5.31. The van der Waals surface area contributed by atoms with Crippen molar-refractivity contribution < 1.29 is 4.74 Å². The van der Waals surface area contributed by atoms with Crippen LogP contribution in [0.5, 0.6) is 5.75 Å². The first-order chi connectivity index (χ1) is 8.30. The molecular formula is C15H21NO. The second kappa shape index (κ2) is 4.34. The van der Waals surface area contributed by atoms with Crippen LogP contribution in [0.25, 0.3) is 0 Å². The minimum atomic E-state index is 0.523. The SMILES string of the molecule is COc1cccc(CC23CCC(CNC2)C3)c1. The van der Waals surface area contributed by atoms with Gasteiger partial charge in [-0.15, -0.1) is 0 Å². The van der Waals surface area contributed by atoms with Crippen molar-refractivity contribution in [3.8, 4) is 5.75 Å². The van der Waals surface area contributed by atoms with Crippen molar-refractivity contribution in [1.82, 2.24) is 5.32 Å². The highest BCUT2D eigenvalue weighted by Gasteiger charge is 2.41. The van der Waals surface area contributed by atoms with Gasteiger partial charge in [0.2, 0.25) is 0 Å². The Bertz CT molecular complexity index is 400. The fourth-order valence-corrected chi connectivity index (χ4v) is 3.64. The Morgan fingerprint density at radius 3 is 3.29 bits per heavy atom. The van der Waals surface area contributed by atoms with Gasteiger partial charge in [0.05, 0.1) is 7.11 Å². The van der Waals surface area contributed by atoms with Crippen LogP contribution < -0.4 is 10.1 Å². The molecule has 1 aromatic carbocycles. The largest absolute Gasteiger partial charge is 0.497 e. The summed E-state index contributed by atoms with van der Waals surface area (Å²) < 4.78 is 5.31. The third-order valence-electron chi connectivity index (χ3n) is 4.45. The van der Waals surface area contributed by atoms with Crippen molar-refractivity contribution >= 4 is 0 Å². The standard InChI is InChI=1S/C15H21NO/c1-17-14-4-2-3-12(7-14)8-15-6-5-13(9-15)10-16-11-15/h2-4,7,13,16H,5-6,8-11H2,1H3. The lowest BCUT2D eigenvalue weighted by Gasteiger charge is -2.34. The highest BCUT2D eigenvalue weighted by Crippen LogP contribution is 2.46. The number of methoxy groups -OCH3 is 1. The van der Waals surface area contributed by atoms with Crippen LogP contribution in [0.1, 0.15) is 24.8 Å². The average Bonchev–Trinajstić information content (AvgIpc) is 2.64. The summed E-state index contributed by atoms with van der Waals surface area (Å²) >= 11 is 0. The Morgan fingerprint density at radius 2 is 2.41 bits per heavy atom. The monoisotopic (exact) mass is 231 g/mol. The molecule has 0 spiro atoms. The molecule has 92 valence electrons. The molecule has 2 atom stereocenters. The van der Waals surface area contributed by atoms with Crippen LogP contribution in [0.15, 0.2) is 24.3 Å². The van der Waals surface area contributed by atoms with E-state index in [0.717, 1.165) is 11.7 Å². The Labute approximate surface area is 103 Å². The van der Waals surface area contributed by atoms with Crippen LogP contribution in [0.2, 0.25) is 0 Å². The summed E-state index contributed by atoms with van der Waals surface area (Å²) in [4.78, 5) is 0. The lowest BCUT2D eigenvalue weighted by Crippen LogP contribution is -2.40. The smallest absolute Gasteiger partial charge is 0.119 e. The normalized spacial score (nSPS) is 31.5. The molecule has 0 radical (unpaired) electrons. The molecule has 2 fully saturated rings. The van der Waals surface area contributed by atoms with Gasteiger partial charge in [-0.25, -0.2) is 0 Å². The highest BCUT2D eigenvalue weighted by molar-refractivity contribution is 5.29. The highest BCUT2D eigenvalue weighted by atomic mass is 16.5. The van der Waals surface area contributed by atoms with Crippen LogP contribution in [0.3, 0.4) is 0 Å². The fourth-order valence-electron chi connectivity index (χ4n) is 3.64. The predicted octanol–water partition coefficient (Wildman–Crippen LogP) is 2.63. The Hall–Kier alpha value is -1.02. The molecule has 2 bridgehead atoms. The lowest BCUT2D eigenvalue weighted by atomic mass is 9.77.